The van der Waals surface area contributed by atoms with Crippen LogP contribution in [0.4, 0.5) is 0 Å². The highest BCUT2D eigenvalue weighted by atomic mass is 35.5. The van der Waals surface area contributed by atoms with E-state index in [0.29, 0.717) is 6.10 Å². The molecule has 1 aliphatic rings. The van der Waals surface area contributed by atoms with Gasteiger partial charge in [0, 0.05) is 0 Å². The maximum absolute atomic E-state index is 5.42. The van der Waals surface area contributed by atoms with Crippen molar-refractivity contribution in [1.29, 1.82) is 0 Å². The highest BCUT2D eigenvalue weighted by molar-refractivity contribution is 4.68. The molecule has 0 aromatic rings. The molecule has 19 heavy (non-hydrogen) atoms. The van der Waals surface area contributed by atoms with Crippen molar-refractivity contribution < 1.29 is 21.6 Å². The number of quaternary nitrogens is 1. The lowest BCUT2D eigenvalue weighted by Gasteiger charge is -2.36. The van der Waals surface area contributed by atoms with Crippen LogP contribution in [0, 0.1) is 0 Å². The quantitative estimate of drug-likeness (QED) is 0.297. The van der Waals surface area contributed by atoms with Gasteiger partial charge in [0.2, 0.25) is 0 Å². The number of likely N-dealkylation sites (N-methyl/N-ethyl adjacent to an activating group) is 1. The maximum Gasteiger partial charge on any atom is 0.130 e. The van der Waals surface area contributed by atoms with Crippen LogP contribution in [0.25, 0.3) is 0 Å². The molecule has 1 fully saturated rings. The van der Waals surface area contributed by atoms with Crippen molar-refractivity contribution in [3.63, 3.8) is 0 Å². The van der Waals surface area contributed by atoms with E-state index in [0.717, 1.165) is 6.61 Å². The fourth-order valence-corrected chi connectivity index (χ4v) is 2.90. The van der Waals surface area contributed by atoms with Crippen molar-refractivity contribution in [2.24, 2.45) is 0 Å². The Labute approximate surface area is 126 Å². The number of hydrogen-bond donors (Lipinski definition) is 0. The third-order valence-corrected chi connectivity index (χ3v) is 4.57. The van der Waals surface area contributed by atoms with Gasteiger partial charge in [0.05, 0.1) is 26.2 Å². The number of ether oxygens (including phenoxy) is 1. The number of nitrogens with zero attached hydrogens (tertiary/aromatic N) is 1. The van der Waals surface area contributed by atoms with Gasteiger partial charge in [-0.15, -0.1) is 0 Å². The molecule has 3 heteroatoms. The molecule has 116 valence electrons. The predicted octanol–water partition coefficient (Wildman–Crippen LogP) is 0.996. The summed E-state index contributed by atoms with van der Waals surface area (Å²) in [5.74, 6) is 0. The van der Waals surface area contributed by atoms with Crippen LogP contribution in [0.3, 0.4) is 0 Å². The summed E-state index contributed by atoms with van der Waals surface area (Å²) in [6, 6.07) is 0. The molecule has 0 aromatic heterocycles. The number of hydrogen-bond acceptors (Lipinski definition) is 1. The van der Waals surface area contributed by atoms with E-state index in [9.17, 15) is 0 Å². The van der Waals surface area contributed by atoms with Gasteiger partial charge in [0.1, 0.15) is 12.6 Å². The highest BCUT2D eigenvalue weighted by Gasteiger charge is 2.34. The Morgan fingerprint density at radius 3 is 1.89 bits per heavy atom. The van der Waals surface area contributed by atoms with E-state index in [2.05, 4.69) is 20.8 Å². The van der Waals surface area contributed by atoms with Crippen molar-refractivity contribution >= 4 is 0 Å². The first-order valence-corrected chi connectivity index (χ1v) is 8.23. The zero-order chi connectivity index (χ0) is 13.3. The molecule has 0 spiro atoms. The standard InChI is InChI=1S/C16H34NO.ClH/c1-4-7-8-9-10-11-12-13-17(5-2,6-3)14-16-15-18-16;/h16H,4-15H2,1-3H3;1H/q+1;/p-1. The SMILES string of the molecule is CCCCCCCCC[N+](CC)(CC)CC1CO1.[Cl-]. The van der Waals surface area contributed by atoms with Crippen LogP contribution in [-0.2, 0) is 4.74 Å². The first-order valence-electron chi connectivity index (χ1n) is 8.23. The summed E-state index contributed by atoms with van der Waals surface area (Å²) >= 11 is 0. The van der Waals surface area contributed by atoms with E-state index >= 15 is 0 Å². The Bertz CT molecular complexity index is 203. The summed E-state index contributed by atoms with van der Waals surface area (Å²) in [6.45, 7) is 13.1. The third kappa shape index (κ3) is 8.16. The average molecular weight is 292 g/mol. The largest absolute Gasteiger partial charge is 1.00 e. The van der Waals surface area contributed by atoms with Gasteiger partial charge >= 0.3 is 0 Å². The lowest BCUT2D eigenvalue weighted by atomic mass is 10.1. The van der Waals surface area contributed by atoms with Crippen molar-refractivity contribution in [2.45, 2.75) is 71.8 Å². The molecule has 1 aliphatic heterocycles. The Morgan fingerprint density at radius 1 is 0.895 bits per heavy atom. The Kier molecular flexibility index (Phi) is 11.1. The van der Waals surface area contributed by atoms with E-state index in [1.54, 1.807) is 0 Å². The molecular formula is C16H34ClNO. The van der Waals surface area contributed by atoms with E-state index in [-0.39, 0.29) is 12.4 Å². The van der Waals surface area contributed by atoms with Crippen LogP contribution >= 0.6 is 0 Å². The fourth-order valence-electron chi connectivity index (χ4n) is 2.90. The normalized spacial score (nSPS) is 18.2. The third-order valence-electron chi connectivity index (χ3n) is 4.57. The van der Waals surface area contributed by atoms with E-state index < -0.39 is 0 Å². The first kappa shape index (κ1) is 19.2. The molecule has 0 aliphatic carbocycles. The van der Waals surface area contributed by atoms with Gasteiger partial charge in [-0.1, -0.05) is 39.0 Å². The van der Waals surface area contributed by atoms with Crippen LogP contribution in [-0.4, -0.2) is 43.4 Å². The van der Waals surface area contributed by atoms with E-state index in [1.807, 2.05) is 0 Å². The maximum atomic E-state index is 5.42. The van der Waals surface area contributed by atoms with Crippen LogP contribution in [0.15, 0.2) is 0 Å². The zero-order valence-corrected chi connectivity index (χ0v) is 14.1. The first-order chi connectivity index (χ1) is 8.76. The molecule has 0 saturated carbocycles. The van der Waals surface area contributed by atoms with Crippen LogP contribution in [0.5, 0.6) is 0 Å². The molecule has 1 saturated heterocycles. The minimum absolute atomic E-state index is 0. The lowest BCUT2D eigenvalue weighted by Crippen LogP contribution is -3.00. The monoisotopic (exact) mass is 291 g/mol. The van der Waals surface area contributed by atoms with Gasteiger partial charge in [-0.05, 0) is 26.7 Å². The Morgan fingerprint density at radius 2 is 1.42 bits per heavy atom. The number of halogens is 1. The van der Waals surface area contributed by atoms with Gasteiger partial charge in [-0.2, -0.15) is 0 Å². The van der Waals surface area contributed by atoms with Gasteiger partial charge in [0.25, 0.3) is 0 Å². The smallest absolute Gasteiger partial charge is 0.130 e. The molecule has 0 radical (unpaired) electrons. The second-order valence-corrected chi connectivity index (χ2v) is 5.96. The van der Waals surface area contributed by atoms with Crippen LogP contribution in [0.2, 0.25) is 0 Å². The molecule has 1 heterocycles. The number of unbranched alkanes of at least 4 members (excludes halogenated alkanes) is 6. The van der Waals surface area contributed by atoms with E-state index in [1.165, 1.54) is 75.6 Å². The van der Waals surface area contributed by atoms with Gasteiger partial charge in [-0.3, -0.25) is 0 Å². The summed E-state index contributed by atoms with van der Waals surface area (Å²) in [6.07, 6.45) is 10.5. The molecule has 1 rings (SSSR count). The molecule has 0 N–H and O–H groups in total. The topological polar surface area (TPSA) is 12.5 Å². The van der Waals surface area contributed by atoms with Gasteiger partial charge < -0.3 is 21.6 Å². The minimum Gasteiger partial charge on any atom is -1.00 e. The summed E-state index contributed by atoms with van der Waals surface area (Å²) in [4.78, 5) is 0. The van der Waals surface area contributed by atoms with Crippen molar-refractivity contribution in [3.8, 4) is 0 Å². The average Bonchev–Trinajstić information content (AvgIpc) is 3.20. The predicted molar refractivity (Wildman–Crippen MR) is 78.8 cm³/mol. The van der Waals surface area contributed by atoms with Gasteiger partial charge in [-0.25, -0.2) is 0 Å². The lowest BCUT2D eigenvalue weighted by molar-refractivity contribution is -0.925. The second kappa shape index (κ2) is 10.9. The molecule has 0 amide bonds. The molecule has 2 nitrogen and oxygen atoms in total. The van der Waals surface area contributed by atoms with Crippen LogP contribution < -0.4 is 12.4 Å². The zero-order valence-electron chi connectivity index (χ0n) is 13.3. The molecular weight excluding hydrogens is 258 g/mol. The highest BCUT2D eigenvalue weighted by Crippen LogP contribution is 2.19. The Hall–Kier alpha value is 0.210. The molecule has 1 unspecified atom stereocenters. The summed E-state index contributed by atoms with van der Waals surface area (Å²) < 4.78 is 6.70. The second-order valence-electron chi connectivity index (χ2n) is 5.96. The molecule has 0 aromatic carbocycles. The summed E-state index contributed by atoms with van der Waals surface area (Å²) in [7, 11) is 0. The summed E-state index contributed by atoms with van der Waals surface area (Å²) in [5.41, 5.74) is 0. The van der Waals surface area contributed by atoms with Crippen LogP contribution in [0.1, 0.15) is 65.7 Å². The molecule has 1 atom stereocenters. The van der Waals surface area contributed by atoms with Crippen molar-refractivity contribution in [3.05, 3.63) is 0 Å². The summed E-state index contributed by atoms with van der Waals surface area (Å²) in [5, 5.41) is 0. The number of rotatable bonds is 12. The van der Waals surface area contributed by atoms with Crippen molar-refractivity contribution in [2.75, 3.05) is 32.8 Å². The number of epoxide rings is 1. The van der Waals surface area contributed by atoms with E-state index in [4.69, 9.17) is 4.74 Å². The molecule has 0 bridgehead atoms. The Balaban J connectivity index is 0.00000324. The van der Waals surface area contributed by atoms with Crippen molar-refractivity contribution in [1.82, 2.24) is 0 Å². The minimum atomic E-state index is 0. The van der Waals surface area contributed by atoms with Gasteiger partial charge in [0.15, 0.2) is 0 Å². The fraction of sp³-hybridized carbons (Fsp3) is 1.00.